The molecule has 0 heterocycles. The third-order valence-electron chi connectivity index (χ3n) is 2.50. The topological polar surface area (TPSA) is 57.5 Å². The average Bonchev–Trinajstić information content (AvgIpc) is 2.05. The molecule has 3 nitrogen and oxygen atoms in total. The van der Waals surface area contributed by atoms with E-state index in [1.165, 1.54) is 0 Å². The molecule has 1 rings (SSSR count). The number of carboxylic acids is 1. The third kappa shape index (κ3) is 1.85. The molecule has 0 aromatic rings. The van der Waals surface area contributed by atoms with E-state index in [4.69, 9.17) is 5.11 Å². The average molecular weight is 170 g/mol. The van der Waals surface area contributed by atoms with Gasteiger partial charge in [0, 0.05) is 0 Å². The van der Waals surface area contributed by atoms with Crippen molar-refractivity contribution in [1.29, 1.82) is 0 Å². The van der Waals surface area contributed by atoms with Gasteiger partial charge in [-0.2, -0.15) is 0 Å². The number of aliphatic carboxylic acids is 1. The Labute approximate surface area is 71.7 Å². The van der Waals surface area contributed by atoms with E-state index in [0.29, 0.717) is 12.8 Å². The summed E-state index contributed by atoms with van der Waals surface area (Å²) in [6, 6.07) is 0. The summed E-state index contributed by atoms with van der Waals surface area (Å²) >= 11 is 0. The van der Waals surface area contributed by atoms with Gasteiger partial charge in [0.05, 0.1) is 12.0 Å². The molecule has 1 aliphatic rings. The van der Waals surface area contributed by atoms with Gasteiger partial charge in [-0.05, 0) is 25.2 Å². The number of aliphatic hydroxyl groups is 1. The van der Waals surface area contributed by atoms with E-state index in [1.54, 1.807) is 6.08 Å². The summed E-state index contributed by atoms with van der Waals surface area (Å²) in [6.07, 6.45) is 3.07. The predicted molar refractivity (Wildman–Crippen MR) is 44.7 cm³/mol. The van der Waals surface area contributed by atoms with Gasteiger partial charge < -0.3 is 10.2 Å². The van der Waals surface area contributed by atoms with Crippen molar-refractivity contribution < 1.29 is 15.0 Å². The smallest absolute Gasteiger partial charge is 0.309 e. The van der Waals surface area contributed by atoms with Crippen molar-refractivity contribution in [2.24, 2.45) is 11.8 Å². The number of rotatable bonds is 2. The van der Waals surface area contributed by atoms with Crippen LogP contribution in [0.5, 0.6) is 0 Å². The molecule has 1 aliphatic carbocycles. The summed E-state index contributed by atoms with van der Waals surface area (Å²) in [7, 11) is 0. The van der Waals surface area contributed by atoms with Crippen LogP contribution in [0.1, 0.15) is 19.3 Å². The fourth-order valence-corrected chi connectivity index (χ4v) is 1.67. The van der Waals surface area contributed by atoms with Crippen molar-refractivity contribution in [2.45, 2.75) is 25.4 Å². The molecule has 0 amide bonds. The number of hydrogen-bond acceptors (Lipinski definition) is 2. The lowest BCUT2D eigenvalue weighted by Crippen LogP contribution is -2.34. The lowest BCUT2D eigenvalue weighted by atomic mass is 9.79. The molecule has 0 aliphatic heterocycles. The molecule has 0 saturated heterocycles. The molecule has 0 bridgehead atoms. The van der Waals surface area contributed by atoms with Gasteiger partial charge >= 0.3 is 5.97 Å². The summed E-state index contributed by atoms with van der Waals surface area (Å²) in [4.78, 5) is 10.6. The van der Waals surface area contributed by atoms with Crippen LogP contribution in [-0.2, 0) is 4.79 Å². The number of aliphatic hydroxyl groups excluding tert-OH is 1. The van der Waals surface area contributed by atoms with Gasteiger partial charge in [0.1, 0.15) is 0 Å². The van der Waals surface area contributed by atoms with Crippen molar-refractivity contribution in [2.75, 3.05) is 0 Å². The standard InChI is InChI=1S/C9H14O3/c1-2-6-3-4-8(10)7(5-6)9(11)12/h2,6-8,10H,1,3-5H2,(H,11,12). The van der Waals surface area contributed by atoms with Crippen molar-refractivity contribution in [3.8, 4) is 0 Å². The normalized spacial score (nSPS) is 35.9. The zero-order valence-electron chi connectivity index (χ0n) is 6.94. The Morgan fingerprint density at radius 3 is 2.67 bits per heavy atom. The molecule has 3 atom stereocenters. The fourth-order valence-electron chi connectivity index (χ4n) is 1.67. The molecule has 1 fully saturated rings. The largest absolute Gasteiger partial charge is 0.481 e. The lowest BCUT2D eigenvalue weighted by molar-refractivity contribution is -0.147. The SMILES string of the molecule is C=CC1CCC(O)C(C(=O)O)C1. The van der Waals surface area contributed by atoms with E-state index < -0.39 is 18.0 Å². The van der Waals surface area contributed by atoms with Gasteiger partial charge in [0.25, 0.3) is 0 Å². The maximum Gasteiger partial charge on any atom is 0.309 e. The summed E-state index contributed by atoms with van der Waals surface area (Å²) in [6.45, 7) is 3.63. The summed E-state index contributed by atoms with van der Waals surface area (Å²) < 4.78 is 0. The van der Waals surface area contributed by atoms with Gasteiger partial charge in [-0.15, -0.1) is 6.58 Å². The lowest BCUT2D eigenvalue weighted by Gasteiger charge is -2.28. The minimum Gasteiger partial charge on any atom is -0.481 e. The number of allylic oxidation sites excluding steroid dienone is 1. The maximum atomic E-state index is 10.6. The molecule has 68 valence electrons. The first kappa shape index (κ1) is 9.26. The Balaban J connectivity index is 2.58. The molecule has 0 radical (unpaired) electrons. The molecular formula is C9H14O3. The highest BCUT2D eigenvalue weighted by Gasteiger charge is 2.32. The van der Waals surface area contributed by atoms with Crippen LogP contribution < -0.4 is 0 Å². The van der Waals surface area contributed by atoms with Gasteiger partial charge in [0.2, 0.25) is 0 Å². The monoisotopic (exact) mass is 170 g/mol. The zero-order chi connectivity index (χ0) is 9.14. The Hall–Kier alpha value is -0.830. The Bertz CT molecular complexity index is 188. The summed E-state index contributed by atoms with van der Waals surface area (Å²) in [5.74, 6) is -1.23. The van der Waals surface area contributed by atoms with Crippen molar-refractivity contribution in [3.63, 3.8) is 0 Å². The second-order valence-corrected chi connectivity index (χ2v) is 3.32. The summed E-state index contributed by atoms with van der Waals surface area (Å²) in [5, 5.41) is 18.1. The Morgan fingerprint density at radius 2 is 2.17 bits per heavy atom. The van der Waals surface area contributed by atoms with E-state index >= 15 is 0 Å². The van der Waals surface area contributed by atoms with Crippen LogP contribution in [0.4, 0.5) is 0 Å². The van der Waals surface area contributed by atoms with E-state index in [2.05, 4.69) is 6.58 Å². The molecule has 3 unspecified atom stereocenters. The first-order valence-corrected chi connectivity index (χ1v) is 4.18. The molecule has 0 aromatic carbocycles. The third-order valence-corrected chi connectivity index (χ3v) is 2.50. The van der Waals surface area contributed by atoms with Gasteiger partial charge in [0.15, 0.2) is 0 Å². The van der Waals surface area contributed by atoms with Gasteiger partial charge in [-0.1, -0.05) is 6.08 Å². The van der Waals surface area contributed by atoms with E-state index in [-0.39, 0.29) is 5.92 Å². The van der Waals surface area contributed by atoms with E-state index in [0.717, 1.165) is 6.42 Å². The first-order chi connectivity index (χ1) is 5.65. The van der Waals surface area contributed by atoms with Crippen LogP contribution in [0.15, 0.2) is 12.7 Å². The maximum absolute atomic E-state index is 10.6. The number of carbonyl (C=O) groups is 1. The predicted octanol–water partition coefficient (Wildman–Crippen LogP) is 1.03. The van der Waals surface area contributed by atoms with Crippen LogP contribution >= 0.6 is 0 Å². The second-order valence-electron chi connectivity index (χ2n) is 3.32. The minimum absolute atomic E-state index is 0.259. The molecule has 12 heavy (non-hydrogen) atoms. The number of carboxylic acid groups (broad SMARTS) is 1. The molecule has 0 spiro atoms. The quantitative estimate of drug-likeness (QED) is 0.608. The first-order valence-electron chi connectivity index (χ1n) is 4.18. The Kier molecular flexibility index (Phi) is 2.87. The van der Waals surface area contributed by atoms with Crippen LogP contribution in [-0.4, -0.2) is 22.3 Å². The van der Waals surface area contributed by atoms with Gasteiger partial charge in [-0.3, -0.25) is 4.79 Å². The van der Waals surface area contributed by atoms with Crippen molar-refractivity contribution in [3.05, 3.63) is 12.7 Å². The van der Waals surface area contributed by atoms with Crippen LogP contribution in [0.3, 0.4) is 0 Å². The van der Waals surface area contributed by atoms with E-state index in [9.17, 15) is 9.90 Å². The highest BCUT2D eigenvalue weighted by molar-refractivity contribution is 5.70. The highest BCUT2D eigenvalue weighted by atomic mass is 16.4. The zero-order valence-corrected chi connectivity index (χ0v) is 6.94. The Morgan fingerprint density at radius 1 is 1.50 bits per heavy atom. The second kappa shape index (κ2) is 3.72. The van der Waals surface area contributed by atoms with E-state index in [1.807, 2.05) is 0 Å². The molecule has 2 N–H and O–H groups in total. The van der Waals surface area contributed by atoms with Crippen LogP contribution in [0.2, 0.25) is 0 Å². The van der Waals surface area contributed by atoms with Crippen molar-refractivity contribution in [1.82, 2.24) is 0 Å². The van der Waals surface area contributed by atoms with Crippen molar-refractivity contribution >= 4 is 5.97 Å². The molecule has 3 heteroatoms. The molecular weight excluding hydrogens is 156 g/mol. The molecule has 0 aromatic heterocycles. The molecule has 1 saturated carbocycles. The number of hydrogen-bond donors (Lipinski definition) is 2. The highest BCUT2D eigenvalue weighted by Crippen LogP contribution is 2.29. The van der Waals surface area contributed by atoms with Gasteiger partial charge in [-0.25, -0.2) is 0 Å². The summed E-state index contributed by atoms with van der Waals surface area (Å²) in [5.41, 5.74) is 0. The van der Waals surface area contributed by atoms with Crippen LogP contribution in [0.25, 0.3) is 0 Å². The minimum atomic E-state index is -0.894. The fraction of sp³-hybridized carbons (Fsp3) is 0.667. The van der Waals surface area contributed by atoms with Crippen LogP contribution in [0, 0.1) is 11.8 Å².